The van der Waals surface area contributed by atoms with Crippen molar-refractivity contribution in [3.05, 3.63) is 34.2 Å². The van der Waals surface area contributed by atoms with E-state index in [2.05, 4.69) is 0 Å². The Kier molecular flexibility index (Phi) is 4.56. The summed E-state index contributed by atoms with van der Waals surface area (Å²) >= 11 is 0. The summed E-state index contributed by atoms with van der Waals surface area (Å²) in [5, 5.41) is 10.2. The topological polar surface area (TPSA) is 76.7 Å². The SMILES string of the molecule is CC(=O)Oc1cc2oc(=O)cc(C)c2cc1O.[NaH]. The summed E-state index contributed by atoms with van der Waals surface area (Å²) < 4.78 is 9.74. The second kappa shape index (κ2) is 5.56. The fraction of sp³-hybridized carbons (Fsp3) is 0.167. The Balaban J connectivity index is 0.00000162. The number of hydrogen-bond acceptors (Lipinski definition) is 5. The van der Waals surface area contributed by atoms with Gasteiger partial charge in [0.1, 0.15) is 5.58 Å². The van der Waals surface area contributed by atoms with Gasteiger partial charge in [-0.3, -0.25) is 4.79 Å². The van der Waals surface area contributed by atoms with E-state index in [0.29, 0.717) is 10.9 Å². The summed E-state index contributed by atoms with van der Waals surface area (Å²) in [5.74, 6) is -0.766. The first-order valence-corrected chi connectivity index (χ1v) is 4.93. The van der Waals surface area contributed by atoms with E-state index in [1.807, 2.05) is 0 Å². The van der Waals surface area contributed by atoms with E-state index in [1.54, 1.807) is 6.92 Å². The Morgan fingerprint density at radius 1 is 1.33 bits per heavy atom. The average Bonchev–Trinajstić information content (AvgIpc) is 2.20. The number of carbonyl (C=O) groups is 1. The summed E-state index contributed by atoms with van der Waals surface area (Å²) in [5.41, 5.74) is 0.458. The standard InChI is InChI=1S/C12H10O5.Na.H/c1-6-3-12(15)17-10-5-11(16-7(2)13)9(14)4-8(6)10;;/h3-5,14H,1-2H3;;. The number of carbonyl (C=O) groups excluding carboxylic acids is 1. The van der Waals surface area contributed by atoms with Crippen molar-refractivity contribution >= 4 is 46.5 Å². The van der Waals surface area contributed by atoms with E-state index in [0.717, 1.165) is 0 Å². The fourth-order valence-corrected chi connectivity index (χ4v) is 1.57. The second-order valence-corrected chi connectivity index (χ2v) is 3.66. The van der Waals surface area contributed by atoms with Crippen molar-refractivity contribution in [3.8, 4) is 11.5 Å². The number of hydrogen-bond donors (Lipinski definition) is 1. The normalized spacial score (nSPS) is 9.89. The molecule has 2 rings (SSSR count). The van der Waals surface area contributed by atoms with Crippen LogP contribution in [0.1, 0.15) is 12.5 Å². The molecule has 5 nitrogen and oxygen atoms in total. The number of phenols is 1. The molecule has 0 atom stereocenters. The molecular weight excluding hydrogens is 247 g/mol. The van der Waals surface area contributed by atoms with Crippen LogP contribution < -0.4 is 10.4 Å². The molecule has 0 spiro atoms. The van der Waals surface area contributed by atoms with Gasteiger partial charge in [0.25, 0.3) is 0 Å². The molecule has 0 saturated carbocycles. The molecule has 1 aromatic carbocycles. The van der Waals surface area contributed by atoms with Gasteiger partial charge in [-0.25, -0.2) is 4.79 Å². The molecule has 0 unspecified atom stereocenters. The van der Waals surface area contributed by atoms with Crippen LogP contribution in [0.5, 0.6) is 11.5 Å². The number of rotatable bonds is 1. The number of aromatic hydroxyl groups is 1. The van der Waals surface area contributed by atoms with E-state index < -0.39 is 11.6 Å². The zero-order chi connectivity index (χ0) is 12.6. The van der Waals surface area contributed by atoms with Crippen LogP contribution in [0.3, 0.4) is 0 Å². The quantitative estimate of drug-likeness (QED) is 0.358. The van der Waals surface area contributed by atoms with E-state index in [9.17, 15) is 14.7 Å². The zero-order valence-electron chi connectivity index (χ0n) is 9.31. The van der Waals surface area contributed by atoms with E-state index >= 15 is 0 Å². The van der Waals surface area contributed by atoms with E-state index in [4.69, 9.17) is 9.15 Å². The van der Waals surface area contributed by atoms with Crippen LogP contribution in [0.4, 0.5) is 0 Å². The van der Waals surface area contributed by atoms with E-state index in [1.165, 1.54) is 25.1 Å². The first kappa shape index (κ1) is 14.8. The molecule has 0 aliphatic carbocycles. The molecule has 6 heteroatoms. The molecule has 0 amide bonds. The van der Waals surface area contributed by atoms with Gasteiger partial charge in [0.05, 0.1) is 0 Å². The first-order valence-electron chi connectivity index (χ1n) is 4.93. The monoisotopic (exact) mass is 258 g/mol. The van der Waals surface area contributed by atoms with Crippen molar-refractivity contribution in [2.45, 2.75) is 13.8 Å². The first-order chi connectivity index (χ1) is 7.97. The molecule has 0 radical (unpaired) electrons. The molecule has 1 aromatic heterocycles. The molecule has 1 heterocycles. The molecule has 1 N–H and O–H groups in total. The van der Waals surface area contributed by atoms with Crippen LogP contribution in [0.2, 0.25) is 0 Å². The van der Waals surface area contributed by atoms with Gasteiger partial charge in [0.2, 0.25) is 0 Å². The van der Waals surface area contributed by atoms with Gasteiger partial charge in [0, 0.05) is 24.4 Å². The zero-order valence-corrected chi connectivity index (χ0v) is 9.31. The van der Waals surface area contributed by atoms with Crippen molar-refractivity contribution in [2.24, 2.45) is 0 Å². The van der Waals surface area contributed by atoms with Gasteiger partial charge < -0.3 is 14.3 Å². The van der Waals surface area contributed by atoms with Crippen LogP contribution >= 0.6 is 0 Å². The Morgan fingerprint density at radius 3 is 2.61 bits per heavy atom. The molecule has 0 aliphatic heterocycles. The van der Waals surface area contributed by atoms with Gasteiger partial charge in [-0.1, -0.05) is 0 Å². The van der Waals surface area contributed by atoms with E-state index in [-0.39, 0.29) is 46.6 Å². The van der Waals surface area contributed by atoms with Crippen LogP contribution in [0, 0.1) is 6.92 Å². The van der Waals surface area contributed by atoms with Crippen LogP contribution in [-0.2, 0) is 4.79 Å². The van der Waals surface area contributed by atoms with Crippen LogP contribution in [-0.4, -0.2) is 40.6 Å². The van der Waals surface area contributed by atoms with Gasteiger partial charge in [-0.2, -0.15) is 0 Å². The Hall–Kier alpha value is -1.30. The van der Waals surface area contributed by atoms with Crippen LogP contribution in [0.15, 0.2) is 27.4 Å². The number of phenolic OH excluding ortho intramolecular Hbond substituents is 1. The predicted octanol–water partition coefficient (Wildman–Crippen LogP) is 1.08. The molecular formula is C12H11NaO5. The third-order valence-corrected chi connectivity index (χ3v) is 2.28. The van der Waals surface area contributed by atoms with Gasteiger partial charge in [0.15, 0.2) is 11.5 Å². The minimum atomic E-state index is -0.561. The van der Waals surface area contributed by atoms with Crippen molar-refractivity contribution in [2.75, 3.05) is 0 Å². The predicted molar refractivity (Wildman–Crippen MR) is 67.3 cm³/mol. The number of fused-ring (bicyclic) bond motifs is 1. The minimum absolute atomic E-state index is 0. The molecule has 2 aromatic rings. The molecule has 0 saturated heterocycles. The fourth-order valence-electron chi connectivity index (χ4n) is 1.57. The number of aryl methyl sites for hydroxylation is 1. The van der Waals surface area contributed by atoms with Crippen molar-refractivity contribution in [3.63, 3.8) is 0 Å². The van der Waals surface area contributed by atoms with Gasteiger partial charge in [-0.15, -0.1) is 0 Å². The maximum atomic E-state index is 11.2. The van der Waals surface area contributed by atoms with Crippen molar-refractivity contribution < 1.29 is 19.1 Å². The Morgan fingerprint density at radius 2 is 2.00 bits per heavy atom. The summed E-state index contributed by atoms with van der Waals surface area (Å²) in [6.07, 6.45) is 0. The summed E-state index contributed by atoms with van der Waals surface area (Å²) in [6.45, 7) is 2.94. The maximum absolute atomic E-state index is 11.2. The second-order valence-electron chi connectivity index (χ2n) is 3.66. The van der Waals surface area contributed by atoms with Gasteiger partial charge >= 0.3 is 41.2 Å². The summed E-state index contributed by atoms with van der Waals surface area (Å²) in [6, 6.07) is 4.04. The summed E-state index contributed by atoms with van der Waals surface area (Å²) in [7, 11) is 0. The average molecular weight is 258 g/mol. The van der Waals surface area contributed by atoms with Crippen LogP contribution in [0.25, 0.3) is 11.0 Å². The summed E-state index contributed by atoms with van der Waals surface area (Å²) in [4.78, 5) is 22.0. The third-order valence-electron chi connectivity index (χ3n) is 2.28. The Labute approximate surface area is 125 Å². The number of ether oxygens (including phenoxy) is 1. The molecule has 0 aliphatic rings. The number of benzene rings is 1. The molecule has 0 bridgehead atoms. The third kappa shape index (κ3) is 2.93. The molecule has 0 fully saturated rings. The Bertz CT molecular complexity index is 659. The van der Waals surface area contributed by atoms with Gasteiger partial charge in [-0.05, 0) is 18.6 Å². The van der Waals surface area contributed by atoms with Crippen molar-refractivity contribution in [1.82, 2.24) is 0 Å². The molecule has 90 valence electrons. The van der Waals surface area contributed by atoms with Crippen molar-refractivity contribution in [1.29, 1.82) is 0 Å². The number of esters is 1. The molecule has 18 heavy (non-hydrogen) atoms.